The van der Waals surface area contributed by atoms with Gasteiger partial charge in [-0.05, 0) is 67.0 Å². The number of benzene rings is 2. The number of nitrogens with zero attached hydrogens (tertiary/aromatic N) is 1. The lowest BCUT2D eigenvalue weighted by molar-refractivity contribution is 0.0529. The standard InChI is InChI=1S/C22H23BrClFN4O4S/c1-22(2,3)33-21(30)26-8-9-28-34(31,32)19-11-14(5-7-16(19)24)20-27-12-18(29-20)13-4-6-15(23)17(25)10-13/h4-7,10-12,28H,8-9H2,1-3H3,(H,26,30)(H,27,29). The van der Waals surface area contributed by atoms with Crippen molar-refractivity contribution >= 4 is 43.6 Å². The van der Waals surface area contributed by atoms with Crippen LogP contribution in [0.2, 0.25) is 5.02 Å². The van der Waals surface area contributed by atoms with Crippen LogP contribution >= 0.6 is 27.5 Å². The average molecular weight is 574 g/mol. The number of carbonyl (C=O) groups is 1. The first-order chi connectivity index (χ1) is 15.9. The molecule has 0 saturated carbocycles. The molecule has 1 heterocycles. The smallest absolute Gasteiger partial charge is 0.407 e. The number of hydrogen-bond acceptors (Lipinski definition) is 5. The predicted octanol–water partition coefficient (Wildman–Crippen LogP) is 5.10. The van der Waals surface area contributed by atoms with E-state index < -0.39 is 27.5 Å². The topological polar surface area (TPSA) is 113 Å². The summed E-state index contributed by atoms with van der Waals surface area (Å²) in [4.78, 5) is 18.9. The van der Waals surface area contributed by atoms with Gasteiger partial charge in [-0.25, -0.2) is 27.3 Å². The van der Waals surface area contributed by atoms with E-state index >= 15 is 0 Å². The third-order valence-corrected chi connectivity index (χ3v) is 6.97. The largest absolute Gasteiger partial charge is 0.444 e. The molecule has 0 saturated heterocycles. The van der Waals surface area contributed by atoms with Crippen molar-refractivity contribution in [2.75, 3.05) is 13.1 Å². The quantitative estimate of drug-likeness (QED) is 0.340. The highest BCUT2D eigenvalue weighted by Gasteiger charge is 2.20. The highest BCUT2D eigenvalue weighted by atomic mass is 79.9. The zero-order valence-corrected chi connectivity index (χ0v) is 21.7. The van der Waals surface area contributed by atoms with E-state index in [1.165, 1.54) is 24.4 Å². The molecular weight excluding hydrogens is 551 g/mol. The van der Waals surface area contributed by atoms with Gasteiger partial charge in [0, 0.05) is 24.2 Å². The number of amides is 1. The summed E-state index contributed by atoms with van der Waals surface area (Å²) in [7, 11) is -3.98. The van der Waals surface area contributed by atoms with E-state index in [2.05, 4.69) is 35.9 Å². The lowest BCUT2D eigenvalue weighted by atomic mass is 10.2. The predicted molar refractivity (Wildman–Crippen MR) is 132 cm³/mol. The number of hydrogen-bond donors (Lipinski definition) is 3. The van der Waals surface area contributed by atoms with Gasteiger partial charge in [0.05, 0.1) is 21.4 Å². The number of ether oxygens (including phenoxy) is 1. The van der Waals surface area contributed by atoms with Crippen molar-refractivity contribution in [2.24, 2.45) is 0 Å². The van der Waals surface area contributed by atoms with Gasteiger partial charge in [0.25, 0.3) is 0 Å². The van der Waals surface area contributed by atoms with Crippen LogP contribution in [-0.4, -0.2) is 43.2 Å². The molecule has 3 N–H and O–H groups in total. The molecular formula is C22H23BrClFN4O4S. The Morgan fingerprint density at radius 3 is 2.56 bits per heavy atom. The fourth-order valence-electron chi connectivity index (χ4n) is 2.88. The molecule has 3 rings (SSSR count). The zero-order chi connectivity index (χ0) is 25.1. The summed E-state index contributed by atoms with van der Waals surface area (Å²) in [6.07, 6.45) is 0.882. The molecule has 0 unspecified atom stereocenters. The Kier molecular flexibility index (Phi) is 8.02. The monoisotopic (exact) mass is 572 g/mol. The van der Waals surface area contributed by atoms with Crippen LogP contribution < -0.4 is 10.0 Å². The Bertz CT molecular complexity index is 1310. The van der Waals surface area contributed by atoms with Gasteiger partial charge in [-0.2, -0.15) is 0 Å². The number of halogens is 3. The van der Waals surface area contributed by atoms with E-state index in [-0.39, 0.29) is 23.0 Å². The van der Waals surface area contributed by atoms with Crippen LogP contribution in [0.3, 0.4) is 0 Å². The molecule has 34 heavy (non-hydrogen) atoms. The molecule has 8 nitrogen and oxygen atoms in total. The first-order valence-corrected chi connectivity index (χ1v) is 12.8. The summed E-state index contributed by atoms with van der Waals surface area (Å²) < 4.78 is 47.3. The number of nitrogens with one attached hydrogen (secondary N) is 3. The van der Waals surface area contributed by atoms with Crippen molar-refractivity contribution in [3.05, 3.63) is 57.9 Å². The van der Waals surface area contributed by atoms with Gasteiger partial charge in [0.1, 0.15) is 22.1 Å². The second-order valence-electron chi connectivity index (χ2n) is 8.25. The number of alkyl carbamates (subject to hydrolysis) is 1. The van der Waals surface area contributed by atoms with Gasteiger partial charge in [-0.15, -0.1) is 0 Å². The van der Waals surface area contributed by atoms with E-state index in [1.807, 2.05) is 0 Å². The molecule has 0 aliphatic rings. The number of carbonyl (C=O) groups excluding carboxylic acids is 1. The molecule has 1 aromatic heterocycles. The van der Waals surface area contributed by atoms with Crippen molar-refractivity contribution < 1.29 is 22.3 Å². The first kappa shape index (κ1) is 26.1. The summed E-state index contributed by atoms with van der Waals surface area (Å²) in [6, 6.07) is 9.12. The lowest BCUT2D eigenvalue weighted by Crippen LogP contribution is -2.37. The highest BCUT2D eigenvalue weighted by molar-refractivity contribution is 9.10. The Labute approximate surface area is 210 Å². The van der Waals surface area contributed by atoms with E-state index in [4.69, 9.17) is 16.3 Å². The molecule has 1 amide bonds. The Balaban J connectivity index is 1.72. The van der Waals surface area contributed by atoms with Gasteiger partial charge in [-0.3, -0.25) is 0 Å². The fraction of sp³-hybridized carbons (Fsp3) is 0.273. The van der Waals surface area contributed by atoms with Crippen molar-refractivity contribution in [3.63, 3.8) is 0 Å². The van der Waals surface area contributed by atoms with Gasteiger partial charge in [0.15, 0.2) is 0 Å². The summed E-state index contributed by atoms with van der Waals surface area (Å²) in [5.41, 5.74) is 0.961. The lowest BCUT2D eigenvalue weighted by Gasteiger charge is -2.19. The van der Waals surface area contributed by atoms with Crippen LogP contribution in [0, 0.1) is 5.82 Å². The number of aromatic nitrogens is 2. The van der Waals surface area contributed by atoms with Crippen LogP contribution in [-0.2, 0) is 14.8 Å². The molecule has 0 atom stereocenters. The first-order valence-electron chi connectivity index (χ1n) is 10.1. The molecule has 0 fully saturated rings. The maximum Gasteiger partial charge on any atom is 0.407 e. The number of aromatic amines is 1. The number of H-pyrrole nitrogens is 1. The van der Waals surface area contributed by atoms with Crippen molar-refractivity contribution in [2.45, 2.75) is 31.3 Å². The molecule has 0 aliphatic heterocycles. The van der Waals surface area contributed by atoms with E-state index in [9.17, 15) is 17.6 Å². The van der Waals surface area contributed by atoms with Crippen molar-refractivity contribution in [1.29, 1.82) is 0 Å². The van der Waals surface area contributed by atoms with E-state index in [0.29, 0.717) is 27.1 Å². The minimum atomic E-state index is -3.98. The third-order valence-electron chi connectivity index (χ3n) is 4.39. The summed E-state index contributed by atoms with van der Waals surface area (Å²) >= 11 is 9.27. The Morgan fingerprint density at radius 1 is 1.18 bits per heavy atom. The second kappa shape index (κ2) is 10.4. The van der Waals surface area contributed by atoms with Crippen LogP contribution in [0.1, 0.15) is 20.8 Å². The molecule has 12 heteroatoms. The Morgan fingerprint density at radius 2 is 1.88 bits per heavy atom. The van der Waals surface area contributed by atoms with Crippen LogP contribution in [0.15, 0.2) is 52.0 Å². The summed E-state index contributed by atoms with van der Waals surface area (Å²) in [5.74, 6) is -0.0289. The molecule has 182 valence electrons. The fourth-order valence-corrected chi connectivity index (χ4v) is 4.68. The third kappa shape index (κ3) is 6.78. The minimum absolute atomic E-state index is 0.0246. The average Bonchev–Trinajstić information content (AvgIpc) is 3.22. The van der Waals surface area contributed by atoms with Gasteiger partial charge in [0.2, 0.25) is 10.0 Å². The minimum Gasteiger partial charge on any atom is -0.444 e. The molecule has 0 radical (unpaired) electrons. The number of sulfonamides is 1. The van der Waals surface area contributed by atoms with Gasteiger partial charge < -0.3 is 15.0 Å². The highest BCUT2D eigenvalue weighted by Crippen LogP contribution is 2.29. The van der Waals surface area contributed by atoms with Crippen LogP contribution in [0.4, 0.5) is 9.18 Å². The number of imidazole rings is 1. The van der Waals surface area contributed by atoms with Gasteiger partial charge >= 0.3 is 6.09 Å². The van der Waals surface area contributed by atoms with Crippen molar-refractivity contribution in [1.82, 2.24) is 20.0 Å². The molecule has 2 aromatic carbocycles. The van der Waals surface area contributed by atoms with Crippen LogP contribution in [0.5, 0.6) is 0 Å². The molecule has 0 bridgehead atoms. The normalized spacial score (nSPS) is 11.9. The van der Waals surface area contributed by atoms with Crippen molar-refractivity contribution in [3.8, 4) is 22.6 Å². The van der Waals surface area contributed by atoms with Gasteiger partial charge in [-0.1, -0.05) is 17.7 Å². The molecule has 0 aliphatic carbocycles. The second-order valence-corrected chi connectivity index (χ2v) is 11.2. The maximum absolute atomic E-state index is 13.9. The zero-order valence-electron chi connectivity index (χ0n) is 18.6. The summed E-state index contributed by atoms with van der Waals surface area (Å²) in [5, 5.41) is 2.50. The summed E-state index contributed by atoms with van der Waals surface area (Å²) in [6.45, 7) is 5.13. The molecule has 0 spiro atoms. The molecule has 3 aromatic rings. The van der Waals surface area contributed by atoms with E-state index in [1.54, 1.807) is 39.0 Å². The SMILES string of the molecule is CC(C)(C)OC(=O)NCCNS(=O)(=O)c1cc(-c2ncc(-c3ccc(Br)c(F)c3)[nH]2)ccc1Cl. The van der Waals surface area contributed by atoms with Crippen LogP contribution in [0.25, 0.3) is 22.6 Å². The van der Waals surface area contributed by atoms with E-state index in [0.717, 1.165) is 0 Å². The maximum atomic E-state index is 13.9. The Hall–Kier alpha value is -2.47. The number of rotatable bonds is 7.